The summed E-state index contributed by atoms with van der Waals surface area (Å²) in [6.07, 6.45) is 3.46. The minimum absolute atomic E-state index is 0.0833. The van der Waals surface area contributed by atoms with E-state index in [2.05, 4.69) is 40.5 Å². The van der Waals surface area contributed by atoms with E-state index in [4.69, 9.17) is 0 Å². The molecule has 2 aromatic heterocycles. The van der Waals surface area contributed by atoms with Crippen molar-refractivity contribution in [2.75, 3.05) is 6.54 Å². The van der Waals surface area contributed by atoms with E-state index in [0.717, 1.165) is 5.39 Å². The van der Waals surface area contributed by atoms with Gasteiger partial charge in [-0.25, -0.2) is 4.79 Å². The van der Waals surface area contributed by atoms with Crippen LogP contribution in [-0.4, -0.2) is 56.5 Å². The van der Waals surface area contributed by atoms with Gasteiger partial charge in [-0.2, -0.15) is 5.26 Å². The molecule has 1 saturated carbocycles. The first kappa shape index (κ1) is 24.4. The van der Waals surface area contributed by atoms with E-state index in [1.54, 1.807) is 39.2 Å². The molecule has 0 radical (unpaired) electrons. The first-order valence-electron chi connectivity index (χ1n) is 11.6. The van der Waals surface area contributed by atoms with E-state index in [1.165, 1.54) is 11.1 Å². The second-order valence-corrected chi connectivity index (χ2v) is 11.0. The number of hydrogen-bond acceptors (Lipinski definition) is 6. The zero-order chi connectivity index (χ0) is 25.7. The van der Waals surface area contributed by atoms with Gasteiger partial charge in [0.15, 0.2) is 0 Å². The highest BCUT2D eigenvalue weighted by Gasteiger charge is 2.69. The van der Waals surface area contributed by atoms with Crippen LogP contribution >= 0.6 is 0 Å². The van der Waals surface area contributed by atoms with Gasteiger partial charge in [-0.1, -0.05) is 34.6 Å². The van der Waals surface area contributed by atoms with Gasteiger partial charge in [-0.15, -0.1) is 0 Å². The van der Waals surface area contributed by atoms with E-state index >= 15 is 0 Å². The van der Waals surface area contributed by atoms with Crippen molar-refractivity contribution in [3.05, 3.63) is 36.3 Å². The quantitative estimate of drug-likeness (QED) is 0.598. The van der Waals surface area contributed by atoms with Crippen LogP contribution in [0.15, 0.2) is 30.7 Å². The summed E-state index contributed by atoms with van der Waals surface area (Å²) in [5.41, 5.74) is 0.202. The molecule has 0 aromatic carbocycles. The van der Waals surface area contributed by atoms with Crippen molar-refractivity contribution >= 4 is 28.8 Å². The Kier molecular flexibility index (Phi) is 5.91. The molecule has 1 aliphatic carbocycles. The Morgan fingerprint density at radius 3 is 2.60 bits per heavy atom. The minimum atomic E-state index is -1.30. The van der Waals surface area contributed by atoms with Crippen molar-refractivity contribution in [3.8, 4) is 6.07 Å². The molecule has 184 valence electrons. The van der Waals surface area contributed by atoms with Crippen LogP contribution in [0.1, 0.15) is 46.2 Å². The molecule has 0 bridgehead atoms. The Labute approximate surface area is 203 Å². The van der Waals surface area contributed by atoms with E-state index < -0.39 is 41.4 Å². The van der Waals surface area contributed by atoms with Gasteiger partial charge in [0.2, 0.25) is 11.8 Å². The number of nitriles is 1. The number of fused-ring (bicyclic) bond motifs is 2. The number of carbonyl (C=O) groups excluding carboxylic acids is 2. The second-order valence-electron chi connectivity index (χ2n) is 11.0. The Bertz CT molecular complexity index is 1230. The molecule has 4 rings (SSSR count). The summed E-state index contributed by atoms with van der Waals surface area (Å²) >= 11 is 0. The number of carbonyl (C=O) groups is 3. The van der Waals surface area contributed by atoms with Crippen LogP contribution < -0.4 is 10.6 Å². The van der Waals surface area contributed by atoms with Crippen LogP contribution in [-0.2, 0) is 9.59 Å². The van der Waals surface area contributed by atoms with Gasteiger partial charge in [-0.3, -0.25) is 19.6 Å². The highest BCUT2D eigenvalue weighted by Crippen LogP contribution is 2.65. The Balaban J connectivity index is 1.63. The predicted octanol–water partition coefficient (Wildman–Crippen LogP) is 2.48. The normalized spacial score (nSPS) is 24.1. The molecule has 5 atom stereocenters. The number of likely N-dealkylation sites (tertiary alicyclic amines) is 1. The third-order valence-electron chi connectivity index (χ3n) is 7.41. The molecule has 1 unspecified atom stereocenters. The molecule has 3 heterocycles. The Morgan fingerprint density at radius 2 is 1.97 bits per heavy atom. The van der Waals surface area contributed by atoms with Crippen LogP contribution in [0.5, 0.6) is 0 Å². The molecule has 1 aliphatic heterocycles. The van der Waals surface area contributed by atoms with Crippen LogP contribution in [0.4, 0.5) is 4.79 Å². The maximum atomic E-state index is 13.6. The molecule has 10 heteroatoms. The standard InChI is InChI=1S/C25H30N6O4/c1-24(2,3)20(30-23(34)35)22(33)31-12-15-17(25(15,4)5)19(31)21(32)29-16(9-26)14-11-27-10-13-7-6-8-28-18(13)14/h6-8,10-11,15-17,19-20,30H,12H2,1-5H3,(H,29,32)(H,34,35)/t15-,16?,17-,19-,20+/m0/s1. The van der Waals surface area contributed by atoms with E-state index in [1.807, 2.05) is 6.07 Å². The number of pyridine rings is 2. The number of aromatic nitrogens is 2. The molecular formula is C25H30N6O4. The topological polar surface area (TPSA) is 148 Å². The van der Waals surface area contributed by atoms with Gasteiger partial charge in [0.1, 0.15) is 18.1 Å². The van der Waals surface area contributed by atoms with Crippen molar-refractivity contribution < 1.29 is 19.5 Å². The number of amides is 3. The number of nitrogens with one attached hydrogen (secondary N) is 2. The summed E-state index contributed by atoms with van der Waals surface area (Å²) in [5, 5.41) is 25.1. The summed E-state index contributed by atoms with van der Waals surface area (Å²) in [5.74, 6) is -0.849. The summed E-state index contributed by atoms with van der Waals surface area (Å²) < 4.78 is 0. The monoisotopic (exact) mass is 478 g/mol. The van der Waals surface area contributed by atoms with E-state index in [0.29, 0.717) is 17.6 Å². The number of hydrogen-bond donors (Lipinski definition) is 3. The molecule has 2 fully saturated rings. The van der Waals surface area contributed by atoms with Crippen molar-refractivity contribution in [1.29, 1.82) is 5.26 Å². The summed E-state index contributed by atoms with van der Waals surface area (Å²) in [6, 6.07) is 2.87. The maximum Gasteiger partial charge on any atom is 0.405 e. The fourth-order valence-electron chi connectivity index (χ4n) is 5.39. The highest BCUT2D eigenvalue weighted by atomic mass is 16.4. The molecular weight excluding hydrogens is 448 g/mol. The van der Waals surface area contributed by atoms with Gasteiger partial charge in [-0.05, 0) is 34.8 Å². The fraction of sp³-hybridized carbons (Fsp3) is 0.520. The lowest BCUT2D eigenvalue weighted by atomic mass is 9.85. The summed E-state index contributed by atoms with van der Waals surface area (Å²) in [6.45, 7) is 9.79. The average Bonchev–Trinajstić information content (AvgIpc) is 3.12. The molecule has 2 aliphatic rings. The van der Waals surface area contributed by atoms with Crippen LogP contribution in [0.2, 0.25) is 0 Å². The number of rotatable bonds is 5. The third-order valence-corrected chi connectivity index (χ3v) is 7.41. The highest BCUT2D eigenvalue weighted by molar-refractivity contribution is 5.94. The first-order valence-corrected chi connectivity index (χ1v) is 11.6. The molecule has 10 nitrogen and oxygen atoms in total. The number of piperidine rings is 1. The van der Waals surface area contributed by atoms with Crippen molar-refractivity contribution in [2.45, 2.75) is 52.7 Å². The van der Waals surface area contributed by atoms with Crippen LogP contribution in [0, 0.1) is 34.0 Å². The predicted molar refractivity (Wildman–Crippen MR) is 127 cm³/mol. The van der Waals surface area contributed by atoms with Crippen LogP contribution in [0.25, 0.3) is 10.9 Å². The van der Waals surface area contributed by atoms with E-state index in [-0.39, 0.29) is 17.3 Å². The van der Waals surface area contributed by atoms with E-state index in [9.17, 15) is 24.8 Å². The SMILES string of the molecule is CC(C)(C)[C@H](NC(=O)O)C(=O)N1C[C@H]2[C@@H]([C@H]1C(=O)NC(C#N)c1cncc3cccnc13)C2(C)C. The number of carboxylic acid groups (broad SMARTS) is 1. The molecule has 2 aromatic rings. The van der Waals surface area contributed by atoms with Gasteiger partial charge in [0, 0.05) is 36.1 Å². The van der Waals surface area contributed by atoms with Gasteiger partial charge >= 0.3 is 6.09 Å². The van der Waals surface area contributed by atoms with Crippen molar-refractivity contribution in [2.24, 2.45) is 22.7 Å². The lowest BCUT2D eigenvalue weighted by Gasteiger charge is -2.37. The number of nitrogens with zero attached hydrogens (tertiary/aromatic N) is 4. The second kappa shape index (κ2) is 8.48. The molecule has 0 spiro atoms. The largest absolute Gasteiger partial charge is 0.465 e. The Hall–Kier alpha value is -3.74. The zero-order valence-corrected chi connectivity index (χ0v) is 20.4. The Morgan fingerprint density at radius 1 is 1.26 bits per heavy atom. The lowest BCUT2D eigenvalue weighted by Crippen LogP contribution is -2.59. The smallest absolute Gasteiger partial charge is 0.405 e. The minimum Gasteiger partial charge on any atom is -0.465 e. The fourth-order valence-corrected chi connectivity index (χ4v) is 5.39. The van der Waals surface area contributed by atoms with Crippen molar-refractivity contribution in [1.82, 2.24) is 25.5 Å². The molecule has 3 N–H and O–H groups in total. The summed E-state index contributed by atoms with van der Waals surface area (Å²) in [4.78, 5) is 48.6. The zero-order valence-electron chi connectivity index (χ0n) is 20.4. The van der Waals surface area contributed by atoms with Gasteiger partial charge in [0.25, 0.3) is 0 Å². The molecule has 1 saturated heterocycles. The molecule has 35 heavy (non-hydrogen) atoms. The average molecular weight is 479 g/mol. The van der Waals surface area contributed by atoms with Gasteiger partial charge in [0.05, 0.1) is 11.6 Å². The summed E-state index contributed by atoms with van der Waals surface area (Å²) in [7, 11) is 0. The maximum absolute atomic E-state index is 13.6. The lowest BCUT2D eigenvalue weighted by molar-refractivity contribution is -0.144. The van der Waals surface area contributed by atoms with Crippen molar-refractivity contribution in [3.63, 3.8) is 0 Å². The molecule has 3 amide bonds. The third kappa shape index (κ3) is 4.27. The van der Waals surface area contributed by atoms with Crippen LogP contribution in [0.3, 0.4) is 0 Å². The first-order chi connectivity index (χ1) is 16.4. The van der Waals surface area contributed by atoms with Gasteiger partial charge < -0.3 is 20.6 Å².